The second-order valence-electron chi connectivity index (χ2n) is 6.03. The fourth-order valence-electron chi connectivity index (χ4n) is 2.99. The van der Waals surface area contributed by atoms with Gasteiger partial charge in [0.15, 0.2) is 0 Å². The number of nitrogens with zero attached hydrogens (tertiary/aromatic N) is 1. The molecule has 4 heteroatoms. The van der Waals surface area contributed by atoms with E-state index in [4.69, 9.17) is 0 Å². The summed E-state index contributed by atoms with van der Waals surface area (Å²) in [4.78, 5) is 4.11. The summed E-state index contributed by atoms with van der Waals surface area (Å²) in [5.41, 5.74) is 0.348. The van der Waals surface area contributed by atoms with E-state index in [0.29, 0.717) is 11.6 Å². The van der Waals surface area contributed by atoms with E-state index in [1.807, 2.05) is 11.3 Å². The summed E-state index contributed by atoms with van der Waals surface area (Å²) in [6, 6.07) is 5.04. The summed E-state index contributed by atoms with van der Waals surface area (Å²) in [5.74, 6) is 0.905. The molecule has 0 spiro atoms. The van der Waals surface area contributed by atoms with E-state index < -0.39 is 0 Å². The zero-order chi connectivity index (χ0) is 12.8. The SMILES string of the molecule is CC1CNC(C)(C2CC2)CN1Cc1ccc(Br)s1. The van der Waals surface area contributed by atoms with E-state index in [0.717, 1.165) is 19.0 Å². The Morgan fingerprint density at radius 2 is 2.28 bits per heavy atom. The van der Waals surface area contributed by atoms with Crippen LogP contribution in [0.5, 0.6) is 0 Å². The van der Waals surface area contributed by atoms with Crippen LogP contribution in [0.2, 0.25) is 0 Å². The van der Waals surface area contributed by atoms with Gasteiger partial charge in [0.2, 0.25) is 0 Å². The molecule has 3 rings (SSSR count). The smallest absolute Gasteiger partial charge is 0.0701 e. The molecule has 0 aromatic carbocycles. The molecule has 1 saturated carbocycles. The van der Waals surface area contributed by atoms with Crippen molar-refractivity contribution in [2.24, 2.45) is 5.92 Å². The molecule has 1 N–H and O–H groups in total. The molecule has 1 aliphatic heterocycles. The molecule has 0 amide bonds. The van der Waals surface area contributed by atoms with Crippen molar-refractivity contribution in [2.75, 3.05) is 13.1 Å². The lowest BCUT2D eigenvalue weighted by atomic mass is 9.91. The number of hydrogen-bond acceptors (Lipinski definition) is 3. The molecule has 0 bridgehead atoms. The van der Waals surface area contributed by atoms with Gasteiger partial charge in [0, 0.05) is 36.1 Å². The third kappa shape index (κ3) is 2.67. The fourth-order valence-corrected chi connectivity index (χ4v) is 4.50. The Morgan fingerprint density at radius 1 is 1.50 bits per heavy atom. The molecular formula is C14H21BrN2S. The minimum Gasteiger partial charge on any atom is -0.308 e. The Balaban J connectivity index is 1.69. The minimum absolute atomic E-state index is 0.348. The molecule has 1 aromatic rings. The van der Waals surface area contributed by atoms with Gasteiger partial charge < -0.3 is 5.32 Å². The Hall–Kier alpha value is 0.1000. The standard InChI is InChI=1S/C14H21BrN2S/c1-10-7-16-14(2,11-3-4-11)9-17(10)8-12-5-6-13(15)18-12/h5-6,10-11,16H,3-4,7-9H2,1-2H3. The number of rotatable bonds is 3. The molecule has 2 nitrogen and oxygen atoms in total. The van der Waals surface area contributed by atoms with Gasteiger partial charge in [-0.2, -0.15) is 0 Å². The maximum absolute atomic E-state index is 3.78. The van der Waals surface area contributed by atoms with Gasteiger partial charge in [-0.3, -0.25) is 4.90 Å². The highest BCUT2D eigenvalue weighted by atomic mass is 79.9. The van der Waals surface area contributed by atoms with E-state index in [2.05, 4.69) is 52.1 Å². The largest absolute Gasteiger partial charge is 0.308 e. The predicted molar refractivity (Wildman–Crippen MR) is 81.0 cm³/mol. The van der Waals surface area contributed by atoms with E-state index in [1.54, 1.807) is 0 Å². The lowest BCUT2D eigenvalue weighted by Gasteiger charge is -2.45. The molecule has 2 atom stereocenters. The Kier molecular flexibility index (Phi) is 3.56. The summed E-state index contributed by atoms with van der Waals surface area (Å²) in [5, 5.41) is 3.78. The Morgan fingerprint density at radius 3 is 2.89 bits per heavy atom. The molecule has 2 aliphatic rings. The number of halogens is 1. The first-order valence-electron chi connectivity index (χ1n) is 6.80. The Labute approximate surface area is 122 Å². The first kappa shape index (κ1) is 13.1. The van der Waals surface area contributed by atoms with Gasteiger partial charge in [0.1, 0.15) is 0 Å². The van der Waals surface area contributed by atoms with Crippen LogP contribution in [0.25, 0.3) is 0 Å². The van der Waals surface area contributed by atoms with Gasteiger partial charge in [0.25, 0.3) is 0 Å². The van der Waals surface area contributed by atoms with Gasteiger partial charge in [-0.1, -0.05) is 0 Å². The van der Waals surface area contributed by atoms with Crippen molar-refractivity contribution in [2.45, 2.75) is 44.8 Å². The summed E-state index contributed by atoms with van der Waals surface area (Å²) in [7, 11) is 0. The van der Waals surface area contributed by atoms with Crippen LogP contribution in [0.1, 0.15) is 31.6 Å². The molecule has 2 fully saturated rings. The molecule has 0 radical (unpaired) electrons. The average Bonchev–Trinajstić information content (AvgIpc) is 3.10. The second-order valence-corrected chi connectivity index (χ2v) is 8.58. The van der Waals surface area contributed by atoms with Gasteiger partial charge in [0.05, 0.1) is 3.79 Å². The van der Waals surface area contributed by atoms with Crippen LogP contribution in [0.3, 0.4) is 0 Å². The quantitative estimate of drug-likeness (QED) is 0.913. The zero-order valence-corrected chi connectivity index (χ0v) is 13.5. The van der Waals surface area contributed by atoms with Gasteiger partial charge in [-0.25, -0.2) is 0 Å². The van der Waals surface area contributed by atoms with Crippen molar-refractivity contribution in [3.8, 4) is 0 Å². The van der Waals surface area contributed by atoms with Crippen molar-refractivity contribution in [3.63, 3.8) is 0 Å². The van der Waals surface area contributed by atoms with Crippen LogP contribution >= 0.6 is 27.3 Å². The molecule has 2 unspecified atom stereocenters. The van der Waals surface area contributed by atoms with Gasteiger partial charge >= 0.3 is 0 Å². The van der Waals surface area contributed by atoms with Crippen molar-refractivity contribution < 1.29 is 0 Å². The van der Waals surface area contributed by atoms with Gasteiger partial charge in [-0.05, 0) is 60.7 Å². The topological polar surface area (TPSA) is 15.3 Å². The summed E-state index contributed by atoms with van der Waals surface area (Å²) in [6.07, 6.45) is 2.83. The highest BCUT2D eigenvalue weighted by Crippen LogP contribution is 2.41. The number of thiophene rings is 1. The maximum Gasteiger partial charge on any atom is 0.0701 e. The van der Waals surface area contributed by atoms with Crippen LogP contribution in [-0.4, -0.2) is 29.6 Å². The van der Waals surface area contributed by atoms with E-state index in [1.165, 1.54) is 28.0 Å². The predicted octanol–water partition coefficient (Wildman–Crippen LogP) is 3.47. The van der Waals surface area contributed by atoms with Crippen LogP contribution in [-0.2, 0) is 6.54 Å². The van der Waals surface area contributed by atoms with E-state index in [-0.39, 0.29) is 0 Å². The van der Waals surface area contributed by atoms with Crippen molar-refractivity contribution in [1.29, 1.82) is 0 Å². The number of piperazine rings is 1. The highest BCUT2D eigenvalue weighted by Gasteiger charge is 2.45. The third-order valence-electron chi connectivity index (χ3n) is 4.42. The highest BCUT2D eigenvalue weighted by molar-refractivity contribution is 9.11. The monoisotopic (exact) mass is 328 g/mol. The number of nitrogens with one attached hydrogen (secondary N) is 1. The molecule has 100 valence electrons. The lowest BCUT2D eigenvalue weighted by Crippen LogP contribution is -2.62. The van der Waals surface area contributed by atoms with Crippen LogP contribution in [0.4, 0.5) is 0 Å². The fraction of sp³-hybridized carbons (Fsp3) is 0.714. The molecule has 1 saturated heterocycles. The molecule has 1 aliphatic carbocycles. The average molecular weight is 329 g/mol. The van der Waals surface area contributed by atoms with Crippen molar-refractivity contribution >= 4 is 27.3 Å². The number of hydrogen-bond donors (Lipinski definition) is 1. The third-order valence-corrected chi connectivity index (χ3v) is 6.03. The normalized spacial score (nSPS) is 33.8. The summed E-state index contributed by atoms with van der Waals surface area (Å²) >= 11 is 5.42. The summed E-state index contributed by atoms with van der Waals surface area (Å²) < 4.78 is 1.24. The van der Waals surface area contributed by atoms with Crippen molar-refractivity contribution in [3.05, 3.63) is 20.8 Å². The molecule has 2 heterocycles. The zero-order valence-electron chi connectivity index (χ0n) is 11.1. The first-order chi connectivity index (χ1) is 8.57. The van der Waals surface area contributed by atoms with Crippen LogP contribution in [0.15, 0.2) is 15.9 Å². The second kappa shape index (κ2) is 4.89. The van der Waals surface area contributed by atoms with E-state index >= 15 is 0 Å². The van der Waals surface area contributed by atoms with Crippen LogP contribution in [0, 0.1) is 5.92 Å². The lowest BCUT2D eigenvalue weighted by molar-refractivity contribution is 0.0779. The minimum atomic E-state index is 0.348. The summed E-state index contributed by atoms with van der Waals surface area (Å²) in [6.45, 7) is 8.16. The molecule has 18 heavy (non-hydrogen) atoms. The molecule has 1 aromatic heterocycles. The first-order valence-corrected chi connectivity index (χ1v) is 8.41. The molecular weight excluding hydrogens is 308 g/mol. The van der Waals surface area contributed by atoms with Crippen LogP contribution < -0.4 is 5.32 Å². The van der Waals surface area contributed by atoms with Crippen molar-refractivity contribution in [1.82, 2.24) is 10.2 Å². The maximum atomic E-state index is 3.78. The van der Waals surface area contributed by atoms with Gasteiger partial charge in [-0.15, -0.1) is 11.3 Å². The van der Waals surface area contributed by atoms with E-state index in [9.17, 15) is 0 Å². The Bertz CT molecular complexity index is 429.